The van der Waals surface area contributed by atoms with Crippen LogP contribution in [0.2, 0.25) is 0 Å². The lowest BCUT2D eigenvalue weighted by Gasteiger charge is -2.23. The molecule has 0 saturated carbocycles. The molecule has 1 N–H and O–H groups in total. The van der Waals surface area contributed by atoms with Gasteiger partial charge >= 0.3 is 0 Å². The predicted octanol–water partition coefficient (Wildman–Crippen LogP) is 3.60. The van der Waals surface area contributed by atoms with E-state index in [1.54, 1.807) is 25.1 Å². The Bertz CT molecular complexity index is 921. The molecular formula is C20H24N2O3S. The highest BCUT2D eigenvalue weighted by molar-refractivity contribution is 7.92. The number of carbonyl (C=O) groups excluding carboxylic acids is 1. The molecule has 1 heterocycles. The number of amides is 1. The SMILES string of the molecule is CCc1ccc(NC(=O)c2ccc3c(c2)C[C@@H](C)N3S(=O)(=O)CC)cc1. The highest BCUT2D eigenvalue weighted by Gasteiger charge is 2.34. The minimum Gasteiger partial charge on any atom is -0.322 e. The Kier molecular flexibility index (Phi) is 5.05. The normalized spacial score (nSPS) is 16.4. The molecule has 0 bridgehead atoms. The zero-order chi connectivity index (χ0) is 18.9. The highest BCUT2D eigenvalue weighted by Crippen LogP contribution is 2.35. The molecule has 1 atom stereocenters. The van der Waals surface area contributed by atoms with Crippen LogP contribution in [0.5, 0.6) is 0 Å². The first-order valence-electron chi connectivity index (χ1n) is 8.91. The third kappa shape index (κ3) is 3.46. The Balaban J connectivity index is 1.83. The number of aryl methyl sites for hydroxylation is 1. The van der Waals surface area contributed by atoms with E-state index in [9.17, 15) is 13.2 Å². The van der Waals surface area contributed by atoms with Crippen LogP contribution in [-0.2, 0) is 22.9 Å². The third-order valence-electron chi connectivity index (χ3n) is 4.78. The van der Waals surface area contributed by atoms with Gasteiger partial charge in [-0.15, -0.1) is 0 Å². The summed E-state index contributed by atoms with van der Waals surface area (Å²) in [6.07, 6.45) is 1.56. The van der Waals surface area contributed by atoms with Gasteiger partial charge in [0, 0.05) is 17.3 Å². The summed E-state index contributed by atoms with van der Waals surface area (Å²) in [6, 6.07) is 12.9. The average molecular weight is 372 g/mol. The Hall–Kier alpha value is -2.34. The maximum absolute atomic E-state index is 12.5. The first-order chi connectivity index (χ1) is 12.4. The molecule has 2 aromatic carbocycles. The Morgan fingerprint density at radius 3 is 2.46 bits per heavy atom. The summed E-state index contributed by atoms with van der Waals surface area (Å²) < 4.78 is 26.1. The van der Waals surface area contributed by atoms with Crippen molar-refractivity contribution >= 4 is 27.3 Å². The fraction of sp³-hybridized carbons (Fsp3) is 0.350. The number of hydrogen-bond acceptors (Lipinski definition) is 3. The molecule has 2 aromatic rings. The monoisotopic (exact) mass is 372 g/mol. The molecule has 6 heteroatoms. The van der Waals surface area contributed by atoms with Gasteiger partial charge in [-0.3, -0.25) is 9.10 Å². The molecule has 0 saturated heterocycles. The fourth-order valence-electron chi connectivity index (χ4n) is 3.33. The van der Waals surface area contributed by atoms with E-state index in [1.165, 1.54) is 9.87 Å². The van der Waals surface area contributed by atoms with Gasteiger partial charge in [-0.1, -0.05) is 19.1 Å². The van der Waals surface area contributed by atoms with Crippen LogP contribution in [-0.4, -0.2) is 26.1 Å². The number of nitrogens with one attached hydrogen (secondary N) is 1. The van der Waals surface area contributed by atoms with Crippen LogP contribution in [0.4, 0.5) is 11.4 Å². The van der Waals surface area contributed by atoms with Crippen molar-refractivity contribution in [2.75, 3.05) is 15.4 Å². The number of carbonyl (C=O) groups is 1. The second kappa shape index (κ2) is 7.11. The molecule has 0 spiro atoms. The molecule has 3 rings (SSSR count). The van der Waals surface area contributed by atoms with Crippen LogP contribution >= 0.6 is 0 Å². The number of anilines is 2. The van der Waals surface area contributed by atoms with E-state index in [0.29, 0.717) is 17.7 Å². The van der Waals surface area contributed by atoms with Crippen molar-refractivity contribution in [2.45, 2.75) is 39.7 Å². The Labute approximate surface area is 155 Å². The second-order valence-electron chi connectivity index (χ2n) is 6.60. The third-order valence-corrected chi connectivity index (χ3v) is 6.66. The lowest BCUT2D eigenvalue weighted by molar-refractivity contribution is 0.102. The van der Waals surface area contributed by atoms with Crippen molar-refractivity contribution in [1.82, 2.24) is 0 Å². The van der Waals surface area contributed by atoms with Gasteiger partial charge in [-0.25, -0.2) is 8.42 Å². The van der Waals surface area contributed by atoms with Crippen molar-refractivity contribution in [2.24, 2.45) is 0 Å². The predicted molar refractivity (Wildman–Crippen MR) is 105 cm³/mol. The van der Waals surface area contributed by atoms with Crippen molar-refractivity contribution in [3.05, 3.63) is 59.2 Å². The van der Waals surface area contributed by atoms with Gasteiger partial charge in [0.25, 0.3) is 5.91 Å². The Morgan fingerprint density at radius 1 is 1.15 bits per heavy atom. The quantitative estimate of drug-likeness (QED) is 0.872. The van der Waals surface area contributed by atoms with Crippen molar-refractivity contribution < 1.29 is 13.2 Å². The lowest BCUT2D eigenvalue weighted by Crippen LogP contribution is -2.36. The molecule has 5 nitrogen and oxygen atoms in total. The van der Waals surface area contributed by atoms with E-state index in [0.717, 1.165) is 17.7 Å². The first kappa shape index (κ1) is 18.5. The number of rotatable bonds is 5. The van der Waals surface area contributed by atoms with E-state index in [4.69, 9.17) is 0 Å². The van der Waals surface area contributed by atoms with Crippen LogP contribution < -0.4 is 9.62 Å². The van der Waals surface area contributed by atoms with E-state index in [-0.39, 0.29) is 17.7 Å². The number of fused-ring (bicyclic) bond motifs is 1. The molecule has 0 aromatic heterocycles. The van der Waals surface area contributed by atoms with Crippen LogP contribution in [0.25, 0.3) is 0 Å². The van der Waals surface area contributed by atoms with Gasteiger partial charge in [-0.05, 0) is 68.1 Å². The summed E-state index contributed by atoms with van der Waals surface area (Å²) in [5.74, 6) is -0.131. The maximum atomic E-state index is 12.5. The number of benzene rings is 2. The van der Waals surface area contributed by atoms with Crippen LogP contribution in [0, 0.1) is 0 Å². The van der Waals surface area contributed by atoms with Crippen LogP contribution in [0.15, 0.2) is 42.5 Å². The molecular weight excluding hydrogens is 348 g/mol. The van der Waals surface area contributed by atoms with E-state index in [2.05, 4.69) is 12.2 Å². The smallest absolute Gasteiger partial charge is 0.255 e. The Morgan fingerprint density at radius 2 is 1.85 bits per heavy atom. The molecule has 0 radical (unpaired) electrons. The zero-order valence-corrected chi connectivity index (χ0v) is 16.1. The number of hydrogen-bond donors (Lipinski definition) is 1. The van der Waals surface area contributed by atoms with Gasteiger partial charge in [0.05, 0.1) is 11.4 Å². The summed E-state index contributed by atoms with van der Waals surface area (Å²) in [5, 5.41) is 2.89. The summed E-state index contributed by atoms with van der Waals surface area (Å²) in [6.45, 7) is 5.62. The largest absolute Gasteiger partial charge is 0.322 e. The summed E-state index contributed by atoms with van der Waals surface area (Å²) in [5.41, 5.74) is 4.07. The summed E-state index contributed by atoms with van der Waals surface area (Å²) >= 11 is 0. The number of sulfonamides is 1. The molecule has 1 amide bonds. The van der Waals surface area contributed by atoms with E-state index >= 15 is 0 Å². The van der Waals surface area contributed by atoms with Crippen molar-refractivity contribution in [1.29, 1.82) is 0 Å². The van der Waals surface area contributed by atoms with Gasteiger partial charge < -0.3 is 5.32 Å². The standard InChI is InChI=1S/C20H24N2O3S/c1-4-15-6-9-18(10-7-15)21-20(23)16-8-11-19-17(13-16)12-14(3)22(19)26(24,25)5-2/h6-11,13-14H,4-5,12H2,1-3H3,(H,21,23)/t14-/m1/s1. The lowest BCUT2D eigenvalue weighted by atomic mass is 10.1. The minimum absolute atomic E-state index is 0.0623. The first-order valence-corrected chi connectivity index (χ1v) is 10.5. The molecule has 26 heavy (non-hydrogen) atoms. The molecule has 0 unspecified atom stereocenters. The zero-order valence-electron chi connectivity index (χ0n) is 15.3. The second-order valence-corrected chi connectivity index (χ2v) is 8.73. The molecule has 138 valence electrons. The van der Waals surface area contributed by atoms with Crippen molar-refractivity contribution in [3.8, 4) is 0 Å². The number of nitrogens with zero attached hydrogens (tertiary/aromatic N) is 1. The van der Waals surface area contributed by atoms with Gasteiger partial charge in [0.2, 0.25) is 10.0 Å². The van der Waals surface area contributed by atoms with Gasteiger partial charge in [0.15, 0.2) is 0 Å². The minimum atomic E-state index is -3.32. The van der Waals surface area contributed by atoms with Crippen LogP contribution in [0.3, 0.4) is 0 Å². The molecule has 0 fully saturated rings. The average Bonchev–Trinajstić information content (AvgIpc) is 2.97. The molecule has 0 aliphatic carbocycles. The topological polar surface area (TPSA) is 66.5 Å². The maximum Gasteiger partial charge on any atom is 0.255 e. The van der Waals surface area contributed by atoms with Crippen molar-refractivity contribution in [3.63, 3.8) is 0 Å². The van der Waals surface area contributed by atoms with E-state index < -0.39 is 10.0 Å². The van der Waals surface area contributed by atoms with Gasteiger partial charge in [0.1, 0.15) is 0 Å². The molecule has 1 aliphatic heterocycles. The van der Waals surface area contributed by atoms with E-state index in [1.807, 2.05) is 31.2 Å². The van der Waals surface area contributed by atoms with Crippen LogP contribution in [0.1, 0.15) is 42.3 Å². The fourth-order valence-corrected chi connectivity index (χ4v) is 4.71. The summed E-state index contributed by atoms with van der Waals surface area (Å²) in [7, 11) is -3.32. The highest BCUT2D eigenvalue weighted by atomic mass is 32.2. The van der Waals surface area contributed by atoms with Gasteiger partial charge in [-0.2, -0.15) is 0 Å². The summed E-state index contributed by atoms with van der Waals surface area (Å²) in [4.78, 5) is 12.5. The molecule has 1 aliphatic rings.